The number of nitrogens with zero attached hydrogens (tertiary/aromatic N) is 1. The van der Waals surface area contributed by atoms with Crippen molar-refractivity contribution in [1.82, 2.24) is 31.9 Å². The number of amides is 6. The highest BCUT2D eigenvalue weighted by Gasteiger charge is 2.32. The monoisotopic (exact) mass is 778 g/mol. The molecule has 1 aliphatic heterocycles. The summed E-state index contributed by atoms with van der Waals surface area (Å²) in [6.45, 7) is -0.715. The molecule has 1 heterocycles. The number of hydrogen-bond donors (Lipinski definition) is 13. The second kappa shape index (κ2) is 26.0. The summed E-state index contributed by atoms with van der Waals surface area (Å²) in [5, 5.41) is 34.4. The van der Waals surface area contributed by atoms with Crippen LogP contribution in [0.1, 0.15) is 51.4 Å². The number of nitrogens with one attached hydrogen (secondary N) is 6. The van der Waals surface area contributed by atoms with Gasteiger partial charge in [0, 0.05) is 18.1 Å². The average molecular weight is 779 g/mol. The number of guanidine groups is 1. The summed E-state index contributed by atoms with van der Waals surface area (Å²) >= 11 is 0. The molecule has 0 radical (unpaired) electrons. The number of carbonyl (C=O) groups excluding carboxylic acids is 6. The Morgan fingerprint density at radius 2 is 1.17 bits per heavy atom. The van der Waals surface area contributed by atoms with E-state index in [2.05, 4.69) is 36.9 Å². The third kappa shape index (κ3) is 18.5. The van der Waals surface area contributed by atoms with Crippen molar-refractivity contribution in [2.24, 2.45) is 33.7 Å². The van der Waals surface area contributed by atoms with Crippen molar-refractivity contribution in [2.75, 3.05) is 44.3 Å². The number of aliphatic imine (C=N–C) groups is 1. The van der Waals surface area contributed by atoms with Crippen LogP contribution in [0.2, 0.25) is 0 Å². The van der Waals surface area contributed by atoms with Gasteiger partial charge in [-0.3, -0.25) is 33.8 Å². The van der Waals surface area contributed by atoms with E-state index < -0.39 is 90.8 Å². The van der Waals surface area contributed by atoms with E-state index >= 15 is 0 Å². The van der Waals surface area contributed by atoms with Crippen LogP contribution in [-0.4, -0.2) is 138 Å². The number of unbranched alkanes of at least 4 members (excludes halogenated alkanes) is 2. The summed E-state index contributed by atoms with van der Waals surface area (Å²) in [6.07, 6.45) is 2.23. The van der Waals surface area contributed by atoms with Crippen molar-refractivity contribution >= 4 is 69.0 Å². The maximum atomic E-state index is 13.7. The summed E-state index contributed by atoms with van der Waals surface area (Å²) in [7, 11) is 2.04. The minimum Gasteiger partial charge on any atom is -0.480 e. The Morgan fingerprint density at radius 1 is 0.692 bits per heavy atom. The van der Waals surface area contributed by atoms with Crippen LogP contribution < -0.4 is 60.6 Å². The van der Waals surface area contributed by atoms with Gasteiger partial charge in [0.15, 0.2) is 5.96 Å². The van der Waals surface area contributed by atoms with Gasteiger partial charge in [-0.1, -0.05) is 21.6 Å². The van der Waals surface area contributed by atoms with Gasteiger partial charge in [-0.2, -0.15) is 0 Å². The number of aliphatic hydroxyl groups excluding tert-OH is 1. The van der Waals surface area contributed by atoms with E-state index in [9.17, 15) is 43.8 Å². The molecule has 0 aromatic carbocycles. The molecule has 18 N–H and O–H groups in total. The molecule has 21 nitrogen and oxygen atoms in total. The van der Waals surface area contributed by atoms with Gasteiger partial charge in [0.2, 0.25) is 35.4 Å². The maximum absolute atomic E-state index is 13.7. The van der Waals surface area contributed by atoms with E-state index in [4.69, 9.17) is 28.7 Å². The van der Waals surface area contributed by atoms with Crippen LogP contribution in [0.25, 0.3) is 0 Å². The number of nitrogens with two attached hydrogens (primary N) is 5. The minimum atomic E-state index is -1.59. The average Bonchev–Trinajstić information content (AvgIpc) is 3.10. The Labute approximate surface area is 309 Å². The highest BCUT2D eigenvalue weighted by molar-refractivity contribution is 8.76. The molecule has 1 aliphatic rings. The van der Waals surface area contributed by atoms with E-state index in [0.717, 1.165) is 21.6 Å². The molecular formula is C29H54N12O9S2. The first-order valence-corrected chi connectivity index (χ1v) is 19.3. The highest BCUT2D eigenvalue weighted by Crippen LogP contribution is 2.22. The molecule has 1 saturated heterocycles. The first-order valence-electron chi connectivity index (χ1n) is 16.8. The van der Waals surface area contributed by atoms with Gasteiger partial charge < -0.3 is 70.8 Å². The molecule has 1 fully saturated rings. The maximum Gasteiger partial charge on any atom is 0.327 e. The zero-order valence-electron chi connectivity index (χ0n) is 29.0. The summed E-state index contributed by atoms with van der Waals surface area (Å²) in [5.41, 5.74) is 28.0. The number of aliphatic hydroxyl groups is 1. The molecule has 6 amide bonds. The Hall–Kier alpha value is -3.90. The molecular weight excluding hydrogens is 725 g/mol. The van der Waals surface area contributed by atoms with Crippen LogP contribution in [-0.2, 0) is 33.6 Å². The van der Waals surface area contributed by atoms with E-state index in [1.165, 1.54) is 0 Å². The number of rotatable bonds is 14. The van der Waals surface area contributed by atoms with Gasteiger partial charge in [-0.25, -0.2) is 4.79 Å². The van der Waals surface area contributed by atoms with Gasteiger partial charge in [0.1, 0.15) is 30.2 Å². The van der Waals surface area contributed by atoms with Crippen molar-refractivity contribution < 1.29 is 43.8 Å². The lowest BCUT2D eigenvalue weighted by molar-refractivity contribution is -0.142. The van der Waals surface area contributed by atoms with Gasteiger partial charge >= 0.3 is 5.97 Å². The van der Waals surface area contributed by atoms with Gasteiger partial charge in [-0.15, -0.1) is 0 Å². The number of hydrogen-bond acceptors (Lipinski definition) is 14. The lowest BCUT2D eigenvalue weighted by Gasteiger charge is -2.26. The highest BCUT2D eigenvalue weighted by atomic mass is 33.1. The predicted octanol–water partition coefficient (Wildman–Crippen LogP) is -5.36. The third-order valence-electron chi connectivity index (χ3n) is 7.51. The molecule has 6 atom stereocenters. The lowest BCUT2D eigenvalue weighted by Crippen LogP contribution is -2.59. The van der Waals surface area contributed by atoms with Gasteiger partial charge in [0.25, 0.3) is 0 Å². The van der Waals surface area contributed by atoms with Crippen LogP contribution in [0.15, 0.2) is 4.99 Å². The zero-order valence-corrected chi connectivity index (χ0v) is 30.6. The second-order valence-corrected chi connectivity index (χ2v) is 14.3. The van der Waals surface area contributed by atoms with E-state index in [1.54, 1.807) is 0 Å². The smallest absolute Gasteiger partial charge is 0.327 e. The fraction of sp³-hybridized carbons (Fsp3) is 0.724. The topological polar surface area (TPSA) is 375 Å². The second-order valence-electron chi connectivity index (χ2n) is 11.8. The molecule has 0 unspecified atom stereocenters. The number of carboxylic acid groups (broad SMARTS) is 1. The van der Waals surface area contributed by atoms with E-state index in [-0.39, 0.29) is 56.2 Å². The molecule has 296 valence electrons. The summed E-state index contributed by atoms with van der Waals surface area (Å²) in [6, 6.07) is -7.81. The lowest BCUT2D eigenvalue weighted by atomic mass is 10.0. The first kappa shape index (κ1) is 46.1. The van der Waals surface area contributed by atoms with Crippen LogP contribution in [0.4, 0.5) is 0 Å². The number of aliphatic carboxylic acids is 1. The van der Waals surface area contributed by atoms with Crippen molar-refractivity contribution in [3.63, 3.8) is 0 Å². The number of carbonyl (C=O) groups is 7. The van der Waals surface area contributed by atoms with Crippen molar-refractivity contribution in [3.8, 4) is 0 Å². The summed E-state index contributed by atoms with van der Waals surface area (Å²) in [5.74, 6) is -6.53. The van der Waals surface area contributed by atoms with Crippen LogP contribution in [0.3, 0.4) is 0 Å². The molecule has 52 heavy (non-hydrogen) atoms. The fourth-order valence-electron chi connectivity index (χ4n) is 4.61. The summed E-state index contributed by atoms with van der Waals surface area (Å²) < 4.78 is 0. The van der Waals surface area contributed by atoms with E-state index in [0.29, 0.717) is 32.2 Å². The van der Waals surface area contributed by atoms with Crippen molar-refractivity contribution in [1.29, 1.82) is 0 Å². The van der Waals surface area contributed by atoms with Crippen LogP contribution in [0.5, 0.6) is 0 Å². The molecule has 0 saturated carbocycles. The van der Waals surface area contributed by atoms with Crippen LogP contribution in [0, 0.1) is 0 Å². The number of carboxylic acids is 1. The first-order chi connectivity index (χ1) is 24.7. The Kier molecular flexibility index (Phi) is 23.0. The molecule has 0 aromatic rings. The zero-order chi connectivity index (χ0) is 39.1. The molecule has 0 bridgehead atoms. The van der Waals surface area contributed by atoms with Gasteiger partial charge in [0.05, 0.1) is 19.2 Å². The largest absolute Gasteiger partial charge is 0.480 e. The van der Waals surface area contributed by atoms with Gasteiger partial charge in [-0.05, 0) is 64.5 Å². The molecule has 23 heteroatoms. The van der Waals surface area contributed by atoms with Crippen molar-refractivity contribution in [3.05, 3.63) is 0 Å². The molecule has 0 aliphatic carbocycles. The SMILES string of the molecule is NCCCC[C@@H]1NC(=O)CNC(=O)[C@@H](N)CSSC[C@@H](C(=O)O)NC(=O)[C@H](CO)NC(=O)[C@H](CCCCN)NC(=O)[C@H](CCCN=C(N)N)NC1=O. The molecule has 0 spiro atoms. The molecule has 0 aromatic heterocycles. The standard InChI is InChI=1S/C29H54N12O9S2/c30-9-3-1-6-17-24(45)39-19(8-5-11-35-29(33)34)25(46)38-18(7-2-4-10-31)26(47)40-20(13-42)27(48)41-21(28(49)50)15-52-51-14-16(32)23(44)36-12-22(43)37-17/h16-21,42H,1-15,30-32H2,(H,36,44)(H,37,43)(H,38,46)(H,39,45)(H,40,47)(H,41,48)(H,49,50)(H4,33,34,35)/t16-,17-,18-,19-,20-,21-/m0/s1. The Morgan fingerprint density at radius 3 is 1.67 bits per heavy atom. The Bertz CT molecular complexity index is 1230. The quantitative estimate of drug-likeness (QED) is 0.0339. The predicted molar refractivity (Wildman–Crippen MR) is 196 cm³/mol. The van der Waals surface area contributed by atoms with E-state index in [1.807, 2.05) is 0 Å². The third-order valence-corrected chi connectivity index (χ3v) is 9.96. The summed E-state index contributed by atoms with van der Waals surface area (Å²) in [4.78, 5) is 94.9. The molecule has 1 rings (SSSR count). The Balaban J connectivity index is 3.49. The van der Waals surface area contributed by atoms with Crippen LogP contribution >= 0.6 is 21.6 Å². The fourth-order valence-corrected chi connectivity index (χ4v) is 6.89. The normalized spacial score (nSPS) is 25.0. The minimum absolute atomic E-state index is 0.00280. The van der Waals surface area contributed by atoms with Crippen molar-refractivity contribution in [2.45, 2.75) is 87.6 Å².